The fraction of sp³-hybridized carbons (Fsp3) is 0.621. The zero-order chi connectivity index (χ0) is 28.3. The van der Waals surface area contributed by atoms with Gasteiger partial charge in [0.2, 0.25) is 5.91 Å². The van der Waals surface area contributed by atoms with Gasteiger partial charge >= 0.3 is 5.97 Å². The van der Waals surface area contributed by atoms with E-state index in [-0.39, 0.29) is 35.0 Å². The molecule has 0 aromatic heterocycles. The number of unbranched alkanes of at least 4 members (excludes halogenated alkanes) is 3. The van der Waals surface area contributed by atoms with Crippen molar-refractivity contribution in [3.05, 3.63) is 36.9 Å². The average Bonchev–Trinajstić information content (AvgIpc) is 3.51. The molecule has 6 atom stereocenters. The highest BCUT2D eigenvalue weighted by molar-refractivity contribution is 9.09. The predicted octanol–water partition coefficient (Wildman–Crippen LogP) is 4.15. The molecule has 0 radical (unpaired) electrons. The molecule has 39 heavy (non-hydrogen) atoms. The van der Waals surface area contributed by atoms with Gasteiger partial charge in [-0.05, 0) is 57.4 Å². The second-order valence-electron chi connectivity index (χ2n) is 10.6. The minimum Gasteiger partial charge on any atom is -0.481 e. The zero-order valence-electron chi connectivity index (χ0n) is 22.8. The number of hydrogen-bond acceptors (Lipinski definition) is 6. The number of carbonyl (C=O) groups excluding carboxylic acids is 2. The highest BCUT2D eigenvalue weighted by Gasteiger charge is 2.76. The fourth-order valence-corrected chi connectivity index (χ4v) is 10.3. The Hall–Kier alpha value is -2.04. The normalized spacial score (nSPS) is 29.0. The molecule has 2 bridgehead atoms. The third-order valence-electron chi connectivity index (χ3n) is 8.48. The van der Waals surface area contributed by atoms with Gasteiger partial charge in [0.05, 0.1) is 16.6 Å². The summed E-state index contributed by atoms with van der Waals surface area (Å²) in [6.07, 6.45) is 5.32. The monoisotopic (exact) mass is 621 g/mol. The van der Waals surface area contributed by atoms with Crippen molar-refractivity contribution in [3.63, 3.8) is 0 Å². The largest absolute Gasteiger partial charge is 0.481 e. The Morgan fingerprint density at radius 1 is 1.15 bits per heavy atom. The van der Waals surface area contributed by atoms with Crippen LogP contribution in [0, 0.1) is 11.8 Å². The Morgan fingerprint density at radius 2 is 1.79 bits per heavy atom. The standard InChI is InChI=1S/C29H40BrN3O5S/c1-4-15-32(20-13-11-19(12-14-20)31(5-2)6-3)27(36)25-29-18-21(30)24(39-29)22(28(37)38)23(29)26(35)33(25)16-9-7-8-10-17-34/h4,11-14,21-25,34H,1,5-10,15-18H2,2-3H3,(H,37,38)/t21?,22-,23-,24-,25?,29?/m0/s1. The lowest BCUT2D eigenvalue weighted by Crippen LogP contribution is -2.55. The number of rotatable bonds is 14. The quantitative estimate of drug-likeness (QED) is 0.183. The van der Waals surface area contributed by atoms with Crippen LogP contribution in [0.1, 0.15) is 46.0 Å². The van der Waals surface area contributed by atoms with Gasteiger partial charge in [-0.25, -0.2) is 0 Å². The zero-order valence-corrected chi connectivity index (χ0v) is 25.2. The highest BCUT2D eigenvalue weighted by atomic mass is 79.9. The Balaban J connectivity index is 1.69. The van der Waals surface area contributed by atoms with Gasteiger partial charge < -0.3 is 24.9 Å². The Bertz CT molecular complexity index is 1070. The van der Waals surface area contributed by atoms with E-state index in [4.69, 9.17) is 5.11 Å². The number of carboxylic acids is 1. The van der Waals surface area contributed by atoms with Crippen LogP contribution in [0.15, 0.2) is 36.9 Å². The Labute approximate surface area is 243 Å². The van der Waals surface area contributed by atoms with Crippen LogP contribution in [0.25, 0.3) is 0 Å². The van der Waals surface area contributed by atoms with Crippen molar-refractivity contribution in [2.45, 2.75) is 66.8 Å². The van der Waals surface area contributed by atoms with Crippen molar-refractivity contribution in [3.8, 4) is 0 Å². The summed E-state index contributed by atoms with van der Waals surface area (Å²) < 4.78 is -0.790. The molecule has 0 saturated carbocycles. The number of fused-ring (bicyclic) bond motifs is 1. The molecule has 0 aliphatic carbocycles. The molecule has 3 aliphatic rings. The number of anilines is 2. The maximum absolute atomic E-state index is 14.5. The molecule has 2 N–H and O–H groups in total. The third-order valence-corrected chi connectivity index (χ3v) is 11.7. The summed E-state index contributed by atoms with van der Waals surface area (Å²) in [5, 5.41) is 19.0. The number of aliphatic hydroxyl groups is 1. The van der Waals surface area contributed by atoms with E-state index >= 15 is 0 Å². The van der Waals surface area contributed by atoms with Crippen molar-refractivity contribution in [2.24, 2.45) is 11.8 Å². The molecule has 2 amide bonds. The summed E-state index contributed by atoms with van der Waals surface area (Å²) in [4.78, 5) is 46.4. The van der Waals surface area contributed by atoms with Gasteiger partial charge in [-0.15, -0.1) is 18.3 Å². The number of amides is 2. The van der Waals surface area contributed by atoms with E-state index in [0.717, 1.165) is 37.3 Å². The molecule has 1 spiro atoms. The van der Waals surface area contributed by atoms with E-state index in [2.05, 4.69) is 41.3 Å². The molecule has 10 heteroatoms. The number of carboxylic acid groups (broad SMARTS) is 1. The van der Waals surface area contributed by atoms with Gasteiger partial charge in [0.25, 0.3) is 5.91 Å². The first-order valence-electron chi connectivity index (χ1n) is 14.0. The molecule has 3 saturated heterocycles. The first kappa shape index (κ1) is 29.9. The number of alkyl halides is 1. The molecular weight excluding hydrogens is 582 g/mol. The lowest BCUT2D eigenvalue weighted by molar-refractivity contribution is -0.148. The van der Waals surface area contributed by atoms with E-state index in [9.17, 15) is 19.5 Å². The van der Waals surface area contributed by atoms with Crippen LogP contribution in [0.4, 0.5) is 11.4 Å². The Morgan fingerprint density at radius 3 is 2.38 bits per heavy atom. The third kappa shape index (κ3) is 5.36. The van der Waals surface area contributed by atoms with Crippen LogP contribution in [-0.4, -0.2) is 86.5 Å². The molecule has 3 fully saturated rings. The molecule has 8 nitrogen and oxygen atoms in total. The second-order valence-corrected chi connectivity index (χ2v) is 13.3. The summed E-state index contributed by atoms with van der Waals surface area (Å²) in [5.41, 5.74) is 1.80. The summed E-state index contributed by atoms with van der Waals surface area (Å²) in [6.45, 7) is 10.7. The van der Waals surface area contributed by atoms with Crippen LogP contribution in [0.5, 0.6) is 0 Å². The summed E-state index contributed by atoms with van der Waals surface area (Å²) in [6, 6.07) is 7.14. The van der Waals surface area contributed by atoms with Crippen LogP contribution in [-0.2, 0) is 14.4 Å². The summed E-state index contributed by atoms with van der Waals surface area (Å²) in [5.74, 6) is -2.91. The van der Waals surface area contributed by atoms with E-state index in [1.165, 1.54) is 11.8 Å². The molecule has 3 unspecified atom stereocenters. The molecule has 3 heterocycles. The molecule has 1 aromatic rings. The molecule has 4 rings (SSSR count). The molecular formula is C29H40BrN3O5S. The van der Waals surface area contributed by atoms with Crippen molar-refractivity contribution in [1.82, 2.24) is 4.90 Å². The number of aliphatic hydroxyl groups excluding tert-OH is 1. The van der Waals surface area contributed by atoms with Gasteiger partial charge in [-0.2, -0.15) is 0 Å². The smallest absolute Gasteiger partial charge is 0.308 e. The fourth-order valence-electron chi connectivity index (χ4n) is 6.71. The number of thioether (sulfide) groups is 1. The van der Waals surface area contributed by atoms with Gasteiger partial charge in [0, 0.05) is 54.2 Å². The molecule has 214 valence electrons. The Kier molecular flexibility index (Phi) is 9.70. The van der Waals surface area contributed by atoms with Crippen LogP contribution >= 0.6 is 27.7 Å². The van der Waals surface area contributed by atoms with Crippen molar-refractivity contribution in [1.29, 1.82) is 0 Å². The van der Waals surface area contributed by atoms with Gasteiger partial charge in [-0.3, -0.25) is 14.4 Å². The number of likely N-dealkylation sites (tertiary alicyclic amines) is 1. The van der Waals surface area contributed by atoms with Crippen molar-refractivity contribution >= 4 is 56.9 Å². The van der Waals surface area contributed by atoms with E-state index in [1.54, 1.807) is 15.9 Å². The van der Waals surface area contributed by atoms with Crippen molar-refractivity contribution in [2.75, 3.05) is 42.6 Å². The van der Waals surface area contributed by atoms with E-state index in [0.29, 0.717) is 25.8 Å². The highest BCUT2D eigenvalue weighted by Crippen LogP contribution is 2.67. The average molecular weight is 623 g/mol. The first-order valence-corrected chi connectivity index (χ1v) is 15.8. The SMILES string of the molecule is C=CCN(C(=O)C1N(CCCCCCO)C(=O)[C@@H]2[C@H](C(=O)O)[C@H]3SC12CC3Br)c1ccc(N(CC)CC)cc1. The lowest BCUT2D eigenvalue weighted by Gasteiger charge is -2.37. The van der Waals surface area contributed by atoms with E-state index in [1.807, 2.05) is 24.3 Å². The van der Waals surface area contributed by atoms with Crippen LogP contribution in [0.3, 0.4) is 0 Å². The number of carbonyl (C=O) groups is 3. The summed E-state index contributed by atoms with van der Waals surface area (Å²) in [7, 11) is 0. The molecule has 3 aliphatic heterocycles. The lowest BCUT2D eigenvalue weighted by atomic mass is 9.71. The van der Waals surface area contributed by atoms with Crippen LogP contribution in [0.2, 0.25) is 0 Å². The maximum Gasteiger partial charge on any atom is 0.308 e. The number of halogens is 1. The number of aliphatic carboxylic acids is 1. The topological polar surface area (TPSA) is 101 Å². The van der Waals surface area contributed by atoms with Crippen LogP contribution < -0.4 is 9.80 Å². The minimum atomic E-state index is -0.970. The van der Waals surface area contributed by atoms with Gasteiger partial charge in [-0.1, -0.05) is 34.8 Å². The van der Waals surface area contributed by atoms with Gasteiger partial charge in [0.1, 0.15) is 6.04 Å². The predicted molar refractivity (Wildman–Crippen MR) is 160 cm³/mol. The van der Waals surface area contributed by atoms with Gasteiger partial charge in [0.15, 0.2) is 0 Å². The molecule has 1 aromatic carbocycles. The van der Waals surface area contributed by atoms with Crippen molar-refractivity contribution < 1.29 is 24.6 Å². The number of hydrogen-bond donors (Lipinski definition) is 2. The second kappa shape index (κ2) is 12.6. The summed E-state index contributed by atoms with van der Waals surface area (Å²) >= 11 is 5.22. The minimum absolute atomic E-state index is 0.0753. The van der Waals surface area contributed by atoms with E-state index < -0.39 is 28.6 Å². The number of benzene rings is 1. The first-order chi connectivity index (χ1) is 18.7. The number of nitrogens with zero attached hydrogens (tertiary/aromatic N) is 3. The maximum atomic E-state index is 14.5.